The molecule has 0 aliphatic carbocycles. The van der Waals surface area contributed by atoms with Crippen molar-refractivity contribution in [1.29, 1.82) is 0 Å². The molecule has 0 saturated carbocycles. The first-order valence-electron chi connectivity index (χ1n) is 5.85. The Morgan fingerprint density at radius 2 is 2.30 bits per heavy atom. The number of anilines is 1. The summed E-state index contributed by atoms with van der Waals surface area (Å²) in [6.07, 6.45) is -0.0287. The van der Waals surface area contributed by atoms with Crippen LogP contribution in [0.3, 0.4) is 0 Å². The number of nitrogens with zero attached hydrogens (tertiary/aromatic N) is 4. The van der Waals surface area contributed by atoms with Crippen molar-refractivity contribution in [3.8, 4) is 0 Å². The molecule has 0 aromatic carbocycles. The van der Waals surface area contributed by atoms with E-state index in [9.17, 15) is 5.11 Å². The van der Waals surface area contributed by atoms with Crippen molar-refractivity contribution in [3.63, 3.8) is 0 Å². The van der Waals surface area contributed by atoms with Crippen LogP contribution < -0.4 is 4.84 Å². The number of rotatable bonds is 3. The number of ether oxygens (including phenoxy) is 1. The third-order valence-corrected chi connectivity index (χ3v) is 3.53. The van der Waals surface area contributed by atoms with E-state index in [-0.39, 0.29) is 17.7 Å². The van der Waals surface area contributed by atoms with Gasteiger partial charge in [0.05, 0.1) is 19.0 Å². The highest BCUT2D eigenvalue weighted by atomic mass is 35.5. The van der Waals surface area contributed by atoms with E-state index in [1.165, 1.54) is 6.33 Å². The second kappa shape index (κ2) is 5.30. The zero-order valence-electron chi connectivity index (χ0n) is 10.1. The summed E-state index contributed by atoms with van der Waals surface area (Å²) in [7, 11) is 0. The van der Waals surface area contributed by atoms with Gasteiger partial charge in [0.25, 0.3) is 0 Å². The standard InChI is InChI=1S/C10H11Cl2N5O3/c11-10-14-8(16-12)7-9(15-10)17(3-13-7)6-1-4(19)5(2-18)20-6/h3-6,18-19H,1-2H2,(H,14,15,16)/t4-,5+,6+/m0/s1. The molecule has 1 aliphatic heterocycles. The smallest absolute Gasteiger partial charge is 0.226 e. The molecule has 1 fully saturated rings. The minimum absolute atomic E-state index is 0.0136. The highest BCUT2D eigenvalue weighted by Gasteiger charge is 2.35. The topological polar surface area (TPSA) is 105 Å². The normalized spacial score (nSPS) is 26.3. The van der Waals surface area contributed by atoms with Crippen LogP contribution in [0.1, 0.15) is 12.6 Å². The van der Waals surface area contributed by atoms with Gasteiger partial charge in [0.15, 0.2) is 17.0 Å². The van der Waals surface area contributed by atoms with E-state index < -0.39 is 18.4 Å². The summed E-state index contributed by atoms with van der Waals surface area (Å²) in [5, 5.41) is 18.9. The van der Waals surface area contributed by atoms with E-state index in [0.29, 0.717) is 17.6 Å². The molecule has 0 radical (unpaired) electrons. The lowest BCUT2D eigenvalue weighted by Crippen LogP contribution is -2.24. The first-order valence-corrected chi connectivity index (χ1v) is 6.60. The summed E-state index contributed by atoms with van der Waals surface area (Å²) in [6, 6.07) is 0. The van der Waals surface area contributed by atoms with Crippen molar-refractivity contribution in [1.82, 2.24) is 19.5 Å². The summed E-state index contributed by atoms with van der Waals surface area (Å²) in [5.41, 5.74) is 0.874. The zero-order chi connectivity index (χ0) is 14.3. The Morgan fingerprint density at radius 3 is 2.95 bits per heavy atom. The Balaban J connectivity index is 2.03. The number of fused-ring (bicyclic) bond motifs is 1. The van der Waals surface area contributed by atoms with Gasteiger partial charge in [-0.05, 0) is 11.6 Å². The largest absolute Gasteiger partial charge is 0.394 e. The van der Waals surface area contributed by atoms with Gasteiger partial charge < -0.3 is 14.9 Å². The van der Waals surface area contributed by atoms with Gasteiger partial charge in [0.1, 0.15) is 12.3 Å². The van der Waals surface area contributed by atoms with Crippen LogP contribution >= 0.6 is 23.4 Å². The molecule has 0 bridgehead atoms. The van der Waals surface area contributed by atoms with Gasteiger partial charge >= 0.3 is 0 Å². The van der Waals surface area contributed by atoms with Crippen LogP contribution in [0.25, 0.3) is 11.2 Å². The second-order valence-electron chi connectivity index (χ2n) is 4.37. The fraction of sp³-hybridized carbons (Fsp3) is 0.500. The van der Waals surface area contributed by atoms with Crippen LogP contribution in [0, 0.1) is 0 Å². The molecule has 3 atom stereocenters. The number of halogens is 2. The molecule has 2 aromatic rings. The predicted octanol–water partition coefficient (Wildman–Crippen LogP) is 0.686. The van der Waals surface area contributed by atoms with Crippen LogP contribution in [0.15, 0.2) is 6.33 Å². The summed E-state index contributed by atoms with van der Waals surface area (Å²) in [4.78, 5) is 14.5. The summed E-state index contributed by atoms with van der Waals surface area (Å²) >= 11 is 11.4. The monoisotopic (exact) mass is 319 g/mol. The van der Waals surface area contributed by atoms with Crippen LogP contribution in [-0.2, 0) is 4.74 Å². The number of hydrogen-bond donors (Lipinski definition) is 3. The predicted molar refractivity (Wildman–Crippen MR) is 71.4 cm³/mol. The molecule has 0 unspecified atom stereocenters. The summed E-state index contributed by atoms with van der Waals surface area (Å²) in [5.74, 6) is 0.290. The Morgan fingerprint density at radius 1 is 1.50 bits per heavy atom. The lowest BCUT2D eigenvalue weighted by atomic mass is 10.2. The fourth-order valence-electron chi connectivity index (χ4n) is 2.22. The summed E-state index contributed by atoms with van der Waals surface area (Å²) in [6.45, 7) is -0.255. The maximum Gasteiger partial charge on any atom is 0.226 e. The molecule has 20 heavy (non-hydrogen) atoms. The van der Waals surface area contributed by atoms with Gasteiger partial charge in [0, 0.05) is 18.2 Å². The lowest BCUT2D eigenvalue weighted by molar-refractivity contribution is -0.0432. The van der Waals surface area contributed by atoms with Gasteiger partial charge in [-0.15, -0.1) is 0 Å². The highest BCUT2D eigenvalue weighted by Crippen LogP contribution is 2.32. The van der Waals surface area contributed by atoms with E-state index in [0.717, 1.165) is 0 Å². The van der Waals surface area contributed by atoms with Crippen LogP contribution in [0.5, 0.6) is 0 Å². The molecule has 3 N–H and O–H groups in total. The van der Waals surface area contributed by atoms with E-state index in [1.807, 2.05) is 0 Å². The van der Waals surface area contributed by atoms with Gasteiger partial charge in [0.2, 0.25) is 5.28 Å². The third-order valence-electron chi connectivity index (χ3n) is 3.18. The number of hydrogen-bond acceptors (Lipinski definition) is 7. The molecule has 3 rings (SSSR count). The van der Waals surface area contributed by atoms with Crippen molar-refractivity contribution in [3.05, 3.63) is 11.6 Å². The van der Waals surface area contributed by atoms with Gasteiger partial charge in [-0.2, -0.15) is 9.97 Å². The molecule has 108 valence electrons. The molecule has 0 spiro atoms. The number of aromatic nitrogens is 4. The van der Waals surface area contributed by atoms with Crippen molar-refractivity contribution >= 4 is 40.4 Å². The average molecular weight is 320 g/mol. The van der Waals surface area contributed by atoms with E-state index in [4.69, 9.17) is 33.2 Å². The Bertz CT molecular complexity index is 637. The molecule has 1 aliphatic rings. The van der Waals surface area contributed by atoms with Crippen molar-refractivity contribution in [2.45, 2.75) is 24.9 Å². The van der Waals surface area contributed by atoms with Crippen molar-refractivity contribution in [2.75, 3.05) is 11.4 Å². The molecule has 2 aromatic heterocycles. The van der Waals surface area contributed by atoms with E-state index >= 15 is 0 Å². The van der Waals surface area contributed by atoms with Crippen LogP contribution in [-0.4, -0.2) is 48.5 Å². The lowest BCUT2D eigenvalue weighted by Gasteiger charge is -2.13. The molecular weight excluding hydrogens is 309 g/mol. The number of aliphatic hydroxyl groups is 2. The van der Waals surface area contributed by atoms with E-state index in [2.05, 4.69) is 19.8 Å². The second-order valence-corrected chi connectivity index (χ2v) is 4.90. The first-order chi connectivity index (χ1) is 9.63. The first kappa shape index (κ1) is 13.8. The molecule has 8 nitrogen and oxygen atoms in total. The molecular formula is C10H11Cl2N5O3. The number of imidazole rings is 1. The average Bonchev–Trinajstić information content (AvgIpc) is 3.00. The Labute approximate surface area is 123 Å². The van der Waals surface area contributed by atoms with E-state index in [1.54, 1.807) is 4.57 Å². The highest BCUT2D eigenvalue weighted by molar-refractivity contribution is 6.29. The van der Waals surface area contributed by atoms with Crippen LogP contribution in [0.4, 0.5) is 5.82 Å². The number of nitrogens with one attached hydrogen (secondary N) is 1. The maximum atomic E-state index is 9.77. The molecule has 1 saturated heterocycles. The van der Waals surface area contributed by atoms with Crippen molar-refractivity contribution in [2.24, 2.45) is 0 Å². The van der Waals surface area contributed by atoms with Crippen molar-refractivity contribution < 1.29 is 14.9 Å². The molecule has 10 heteroatoms. The quantitative estimate of drug-likeness (QED) is 0.564. The molecule has 3 heterocycles. The summed E-state index contributed by atoms with van der Waals surface area (Å²) < 4.78 is 7.18. The van der Waals surface area contributed by atoms with Gasteiger partial charge in [-0.1, -0.05) is 0 Å². The van der Waals surface area contributed by atoms with Crippen LogP contribution in [0.2, 0.25) is 5.28 Å². The van der Waals surface area contributed by atoms with Gasteiger partial charge in [-0.3, -0.25) is 9.40 Å². The SMILES string of the molecule is OC[C@H]1O[C@@H](n2cnc3c(NCl)nc(Cl)nc32)C[C@@H]1O. The number of aliphatic hydroxyl groups excluding tert-OH is 2. The minimum atomic E-state index is -0.745. The minimum Gasteiger partial charge on any atom is -0.394 e. The maximum absolute atomic E-state index is 9.77. The Hall–Kier alpha value is -1.19. The fourth-order valence-corrected chi connectivity index (χ4v) is 2.51. The zero-order valence-corrected chi connectivity index (χ0v) is 11.6. The third kappa shape index (κ3) is 2.19. The Kier molecular flexibility index (Phi) is 3.65. The molecule has 0 amide bonds. The van der Waals surface area contributed by atoms with Gasteiger partial charge in [-0.25, -0.2) is 4.98 Å².